The first kappa shape index (κ1) is 13.7. The van der Waals surface area contributed by atoms with Crippen LogP contribution in [-0.2, 0) is 0 Å². The largest absolute Gasteiger partial charge is 0.388 e. The Hall–Kier alpha value is -2.22. The molecule has 0 aliphatic carbocycles. The number of hydrogen-bond acceptors (Lipinski definition) is 6. The van der Waals surface area contributed by atoms with Crippen molar-refractivity contribution in [3.63, 3.8) is 0 Å². The van der Waals surface area contributed by atoms with Crippen LogP contribution in [0.5, 0.6) is 0 Å². The van der Waals surface area contributed by atoms with Gasteiger partial charge in [0.25, 0.3) is 5.91 Å². The summed E-state index contributed by atoms with van der Waals surface area (Å²) in [6, 6.07) is 7.30. The second-order valence-corrected chi connectivity index (χ2v) is 5.06. The fraction of sp³-hybridized carbons (Fsp3) is 0.286. The van der Waals surface area contributed by atoms with Crippen molar-refractivity contribution in [2.75, 3.05) is 18.5 Å². The SMILES string of the molecule is NNc1ncc(C(=O)N2CC(O)C(O)C2)c2ccccc12. The Labute approximate surface area is 121 Å². The molecular formula is C14H16N4O3. The van der Waals surface area contributed by atoms with Crippen LogP contribution in [0.3, 0.4) is 0 Å². The first-order valence-electron chi connectivity index (χ1n) is 6.61. The van der Waals surface area contributed by atoms with Gasteiger partial charge in [0, 0.05) is 24.7 Å². The number of likely N-dealkylation sites (tertiary alicyclic amines) is 1. The number of aliphatic hydroxyl groups is 2. The molecule has 1 aromatic carbocycles. The zero-order valence-corrected chi connectivity index (χ0v) is 11.2. The zero-order valence-electron chi connectivity index (χ0n) is 11.2. The second-order valence-electron chi connectivity index (χ2n) is 5.06. The molecule has 2 unspecified atom stereocenters. The van der Waals surface area contributed by atoms with Crippen molar-refractivity contribution in [1.29, 1.82) is 0 Å². The van der Waals surface area contributed by atoms with Crippen molar-refractivity contribution in [1.82, 2.24) is 9.88 Å². The number of nitrogens with one attached hydrogen (secondary N) is 1. The highest BCUT2D eigenvalue weighted by atomic mass is 16.3. The minimum atomic E-state index is -0.904. The maximum Gasteiger partial charge on any atom is 0.256 e. The number of amides is 1. The average Bonchev–Trinajstić information content (AvgIpc) is 2.85. The highest BCUT2D eigenvalue weighted by molar-refractivity contribution is 6.09. The molecular weight excluding hydrogens is 272 g/mol. The summed E-state index contributed by atoms with van der Waals surface area (Å²) in [6.45, 7) is 0.233. The van der Waals surface area contributed by atoms with E-state index in [4.69, 9.17) is 5.84 Å². The smallest absolute Gasteiger partial charge is 0.256 e. The number of rotatable bonds is 2. The Morgan fingerprint density at radius 1 is 1.24 bits per heavy atom. The molecule has 1 aliphatic rings. The molecule has 0 bridgehead atoms. The number of hydrogen-bond donors (Lipinski definition) is 4. The summed E-state index contributed by atoms with van der Waals surface area (Å²) in [5, 5.41) is 20.6. The molecule has 1 aromatic heterocycles. The highest BCUT2D eigenvalue weighted by Crippen LogP contribution is 2.25. The van der Waals surface area contributed by atoms with E-state index in [2.05, 4.69) is 10.4 Å². The first-order chi connectivity index (χ1) is 10.1. The van der Waals surface area contributed by atoms with Gasteiger partial charge in [-0.2, -0.15) is 0 Å². The number of β-amino-alcohol motifs (C(OH)–C–C–N with tert-alkyl or cyclic N) is 2. The third-order valence-electron chi connectivity index (χ3n) is 3.71. The third kappa shape index (κ3) is 2.31. The van der Waals surface area contributed by atoms with E-state index in [9.17, 15) is 15.0 Å². The lowest BCUT2D eigenvalue weighted by molar-refractivity contribution is 0.0572. The van der Waals surface area contributed by atoms with Crippen LogP contribution in [0.4, 0.5) is 5.82 Å². The van der Waals surface area contributed by atoms with Gasteiger partial charge in [-0.1, -0.05) is 24.3 Å². The molecule has 5 N–H and O–H groups in total. The number of nitrogens with zero attached hydrogens (tertiary/aromatic N) is 2. The van der Waals surface area contributed by atoms with Gasteiger partial charge < -0.3 is 20.5 Å². The third-order valence-corrected chi connectivity index (χ3v) is 3.71. The van der Waals surface area contributed by atoms with E-state index in [0.29, 0.717) is 11.4 Å². The van der Waals surface area contributed by atoms with E-state index in [1.807, 2.05) is 24.3 Å². The molecule has 0 spiro atoms. The van der Waals surface area contributed by atoms with E-state index in [0.717, 1.165) is 10.8 Å². The van der Waals surface area contributed by atoms with Gasteiger partial charge in [-0.15, -0.1) is 0 Å². The van der Waals surface area contributed by atoms with Crippen LogP contribution in [0.15, 0.2) is 30.5 Å². The number of aliphatic hydroxyl groups excluding tert-OH is 2. The highest BCUT2D eigenvalue weighted by Gasteiger charge is 2.33. The number of fused-ring (bicyclic) bond motifs is 1. The van der Waals surface area contributed by atoms with Crippen molar-refractivity contribution in [3.05, 3.63) is 36.0 Å². The van der Waals surface area contributed by atoms with Gasteiger partial charge in [0.2, 0.25) is 0 Å². The summed E-state index contributed by atoms with van der Waals surface area (Å²) in [5.41, 5.74) is 2.93. The van der Waals surface area contributed by atoms with Crippen molar-refractivity contribution in [3.8, 4) is 0 Å². The lowest BCUT2D eigenvalue weighted by Crippen LogP contribution is -2.30. The molecule has 7 nitrogen and oxygen atoms in total. The van der Waals surface area contributed by atoms with Crippen LogP contribution in [0, 0.1) is 0 Å². The molecule has 1 aliphatic heterocycles. The number of pyridine rings is 1. The van der Waals surface area contributed by atoms with Gasteiger partial charge >= 0.3 is 0 Å². The maximum absolute atomic E-state index is 12.6. The minimum absolute atomic E-state index is 0.116. The number of aromatic nitrogens is 1. The van der Waals surface area contributed by atoms with Crippen molar-refractivity contribution < 1.29 is 15.0 Å². The quantitative estimate of drug-likeness (QED) is 0.446. The van der Waals surface area contributed by atoms with Crippen LogP contribution in [0.2, 0.25) is 0 Å². The molecule has 1 amide bonds. The summed E-state index contributed by atoms with van der Waals surface area (Å²) in [7, 11) is 0. The topological polar surface area (TPSA) is 112 Å². The van der Waals surface area contributed by atoms with Crippen molar-refractivity contribution >= 4 is 22.5 Å². The van der Waals surface area contributed by atoms with E-state index in [-0.39, 0.29) is 19.0 Å². The van der Waals surface area contributed by atoms with Gasteiger partial charge in [-0.3, -0.25) is 4.79 Å². The Morgan fingerprint density at radius 3 is 2.48 bits per heavy atom. The van der Waals surface area contributed by atoms with E-state index in [1.165, 1.54) is 11.1 Å². The molecule has 0 saturated carbocycles. The Balaban J connectivity index is 2.03. The summed E-state index contributed by atoms with van der Waals surface area (Å²) in [4.78, 5) is 18.1. The number of carbonyl (C=O) groups excluding carboxylic acids is 1. The predicted octanol–water partition coefficient (Wildman–Crippen LogP) is -0.302. The monoisotopic (exact) mass is 288 g/mol. The minimum Gasteiger partial charge on any atom is -0.388 e. The van der Waals surface area contributed by atoms with Crippen LogP contribution in [0.25, 0.3) is 10.8 Å². The molecule has 21 heavy (non-hydrogen) atoms. The maximum atomic E-state index is 12.6. The van der Waals surface area contributed by atoms with Crippen LogP contribution >= 0.6 is 0 Å². The van der Waals surface area contributed by atoms with E-state index in [1.54, 1.807) is 0 Å². The molecule has 1 saturated heterocycles. The Bertz CT molecular complexity index is 681. The molecule has 2 aromatic rings. The fourth-order valence-corrected chi connectivity index (χ4v) is 2.58. The molecule has 3 rings (SSSR count). The lowest BCUT2D eigenvalue weighted by Gasteiger charge is -2.17. The fourth-order valence-electron chi connectivity index (χ4n) is 2.58. The molecule has 110 valence electrons. The number of nitrogens with two attached hydrogens (primary N) is 1. The molecule has 7 heteroatoms. The Morgan fingerprint density at radius 2 is 1.86 bits per heavy atom. The number of carbonyl (C=O) groups is 1. The number of hydrazine groups is 1. The van der Waals surface area contributed by atoms with Crippen LogP contribution < -0.4 is 11.3 Å². The summed E-state index contributed by atoms with van der Waals surface area (Å²) < 4.78 is 0. The van der Waals surface area contributed by atoms with Gasteiger partial charge in [0.1, 0.15) is 5.82 Å². The van der Waals surface area contributed by atoms with E-state index >= 15 is 0 Å². The summed E-state index contributed by atoms with van der Waals surface area (Å²) in [6.07, 6.45) is -0.354. The van der Waals surface area contributed by atoms with Gasteiger partial charge in [0.15, 0.2) is 0 Å². The average molecular weight is 288 g/mol. The van der Waals surface area contributed by atoms with E-state index < -0.39 is 12.2 Å². The standard InChI is InChI=1S/C14H16N4O3/c15-17-13-9-4-2-1-3-8(9)10(5-16-13)14(21)18-6-11(19)12(20)7-18/h1-5,11-12,19-20H,6-7,15H2,(H,16,17). The summed E-state index contributed by atoms with van der Waals surface area (Å²) in [5.74, 6) is 5.65. The summed E-state index contributed by atoms with van der Waals surface area (Å²) >= 11 is 0. The predicted molar refractivity (Wildman–Crippen MR) is 77.5 cm³/mol. The molecule has 1 fully saturated rings. The number of benzene rings is 1. The second kappa shape index (κ2) is 5.28. The normalized spacial score (nSPS) is 21.8. The Kier molecular flexibility index (Phi) is 3.46. The van der Waals surface area contributed by atoms with Crippen molar-refractivity contribution in [2.45, 2.75) is 12.2 Å². The van der Waals surface area contributed by atoms with Gasteiger partial charge in [-0.25, -0.2) is 10.8 Å². The molecule has 2 heterocycles. The molecule has 2 atom stereocenters. The zero-order chi connectivity index (χ0) is 15.0. The van der Waals surface area contributed by atoms with Crippen LogP contribution in [-0.4, -0.2) is 51.3 Å². The first-order valence-corrected chi connectivity index (χ1v) is 6.61. The number of nitrogen functional groups attached to an aromatic ring is 1. The van der Waals surface area contributed by atoms with Gasteiger partial charge in [0.05, 0.1) is 17.8 Å². The van der Waals surface area contributed by atoms with Gasteiger partial charge in [-0.05, 0) is 5.39 Å². The van der Waals surface area contributed by atoms with Crippen molar-refractivity contribution in [2.24, 2.45) is 5.84 Å². The van der Waals surface area contributed by atoms with Crippen LogP contribution in [0.1, 0.15) is 10.4 Å². The molecule has 0 radical (unpaired) electrons. The number of anilines is 1. The lowest BCUT2D eigenvalue weighted by atomic mass is 10.1.